The number of aliphatic carboxylic acids is 1. The van der Waals surface area contributed by atoms with Gasteiger partial charge in [-0.05, 0) is 56.2 Å². The summed E-state index contributed by atoms with van der Waals surface area (Å²) in [4.78, 5) is 23.5. The van der Waals surface area contributed by atoms with Crippen LogP contribution in [0.4, 0.5) is 0 Å². The lowest BCUT2D eigenvalue weighted by Crippen LogP contribution is -2.42. The highest BCUT2D eigenvalue weighted by atomic mass is 16.4. The molecule has 1 amide bonds. The number of carboxylic acids is 1. The Bertz CT molecular complexity index is 735. The molecule has 1 atom stereocenters. The van der Waals surface area contributed by atoms with Gasteiger partial charge in [0.1, 0.15) is 11.8 Å². The van der Waals surface area contributed by atoms with Gasteiger partial charge >= 0.3 is 5.97 Å². The molecule has 32 heavy (non-hydrogen) atoms. The van der Waals surface area contributed by atoms with E-state index in [2.05, 4.69) is 48.7 Å². The number of amides is 1. The van der Waals surface area contributed by atoms with E-state index in [1.165, 1.54) is 12.1 Å². The fourth-order valence-corrected chi connectivity index (χ4v) is 3.24. The monoisotopic (exact) mass is 441 g/mol. The Labute approximate surface area is 192 Å². The van der Waals surface area contributed by atoms with E-state index >= 15 is 0 Å². The third-order valence-corrected chi connectivity index (χ3v) is 5.06. The fourth-order valence-electron chi connectivity index (χ4n) is 3.24. The van der Waals surface area contributed by atoms with Crippen LogP contribution in [0.5, 0.6) is 5.75 Å². The van der Waals surface area contributed by atoms with E-state index in [4.69, 9.17) is 0 Å². The first-order valence-corrected chi connectivity index (χ1v) is 11.8. The summed E-state index contributed by atoms with van der Waals surface area (Å²) < 4.78 is 0. The fraction of sp³-hybridized carbons (Fsp3) is 0.481. The van der Waals surface area contributed by atoms with E-state index in [1.807, 2.05) is 0 Å². The van der Waals surface area contributed by atoms with Crippen molar-refractivity contribution >= 4 is 11.9 Å². The van der Waals surface area contributed by atoms with Gasteiger partial charge in [0, 0.05) is 12.8 Å². The molecule has 1 aromatic carbocycles. The molecule has 1 unspecified atom stereocenters. The van der Waals surface area contributed by atoms with Crippen LogP contribution < -0.4 is 5.32 Å². The molecule has 0 heterocycles. The molecule has 0 aliphatic rings. The van der Waals surface area contributed by atoms with Crippen LogP contribution in [0.15, 0.2) is 60.7 Å². The highest BCUT2D eigenvalue weighted by Gasteiger charge is 2.20. The van der Waals surface area contributed by atoms with Crippen LogP contribution in [-0.4, -0.2) is 28.1 Å². The molecule has 0 spiro atoms. The molecule has 0 aliphatic heterocycles. The summed E-state index contributed by atoms with van der Waals surface area (Å²) in [6, 6.07) is 5.39. The van der Waals surface area contributed by atoms with E-state index in [9.17, 15) is 19.8 Å². The van der Waals surface area contributed by atoms with Crippen LogP contribution in [0.3, 0.4) is 0 Å². The van der Waals surface area contributed by atoms with Gasteiger partial charge in [0.15, 0.2) is 0 Å². The highest BCUT2D eigenvalue weighted by Crippen LogP contribution is 2.12. The van der Waals surface area contributed by atoms with Gasteiger partial charge in [0.25, 0.3) is 0 Å². The van der Waals surface area contributed by atoms with Crippen LogP contribution >= 0.6 is 0 Å². The Hall–Kier alpha value is -2.82. The molecule has 0 fully saturated rings. The first-order chi connectivity index (χ1) is 15.5. The summed E-state index contributed by atoms with van der Waals surface area (Å²) in [5.41, 5.74) is 0.754. The maximum Gasteiger partial charge on any atom is 0.326 e. The van der Waals surface area contributed by atoms with E-state index in [0.29, 0.717) is 6.42 Å². The standard InChI is InChI=1S/C27H39NO4/c1-2-3-4-5-6-7-8-9-10-11-12-13-14-15-16-17-26(30)28-25(27(31)32)22-23-18-20-24(29)21-19-23/h3-4,6-7,9-10,18-21,25,29H,2,5,8,11-17,22H2,1H3,(H,28,30)(H,31,32). The molecule has 0 saturated heterocycles. The van der Waals surface area contributed by atoms with Gasteiger partial charge in [-0.15, -0.1) is 0 Å². The second kappa shape index (κ2) is 17.8. The number of carbonyl (C=O) groups excluding carboxylic acids is 1. The number of phenols is 1. The van der Waals surface area contributed by atoms with Crippen molar-refractivity contribution in [2.24, 2.45) is 0 Å². The van der Waals surface area contributed by atoms with Gasteiger partial charge in [-0.1, -0.05) is 74.8 Å². The third-order valence-electron chi connectivity index (χ3n) is 5.06. The normalized spacial score (nSPS) is 12.7. The summed E-state index contributed by atoms with van der Waals surface area (Å²) in [5.74, 6) is -1.15. The maximum absolute atomic E-state index is 12.1. The Kier molecular flexibility index (Phi) is 15.2. The topological polar surface area (TPSA) is 86.6 Å². The van der Waals surface area contributed by atoms with Crippen molar-refractivity contribution in [3.63, 3.8) is 0 Å². The number of benzene rings is 1. The Balaban J connectivity index is 2.08. The molecule has 0 aliphatic carbocycles. The first-order valence-electron chi connectivity index (χ1n) is 11.8. The molecule has 5 nitrogen and oxygen atoms in total. The van der Waals surface area contributed by atoms with E-state index in [1.54, 1.807) is 12.1 Å². The molecular weight excluding hydrogens is 402 g/mol. The zero-order valence-electron chi connectivity index (χ0n) is 19.3. The van der Waals surface area contributed by atoms with E-state index < -0.39 is 12.0 Å². The first kappa shape index (κ1) is 27.2. The lowest BCUT2D eigenvalue weighted by molar-refractivity contribution is -0.141. The number of rotatable bonds is 17. The summed E-state index contributed by atoms with van der Waals surface area (Å²) >= 11 is 0. The summed E-state index contributed by atoms with van der Waals surface area (Å²) in [7, 11) is 0. The number of aromatic hydroxyl groups is 1. The van der Waals surface area contributed by atoms with Gasteiger partial charge in [-0.2, -0.15) is 0 Å². The zero-order chi connectivity index (χ0) is 23.4. The van der Waals surface area contributed by atoms with Crippen molar-refractivity contribution in [1.29, 1.82) is 0 Å². The summed E-state index contributed by atoms with van der Waals surface area (Å²) in [6.45, 7) is 2.14. The zero-order valence-corrected chi connectivity index (χ0v) is 19.3. The Morgan fingerprint density at radius 3 is 2.12 bits per heavy atom. The molecule has 0 radical (unpaired) electrons. The van der Waals surface area contributed by atoms with Gasteiger partial charge < -0.3 is 15.5 Å². The summed E-state index contributed by atoms with van der Waals surface area (Å²) in [5, 5.41) is 21.3. The van der Waals surface area contributed by atoms with Crippen LogP contribution in [0.1, 0.15) is 76.7 Å². The number of nitrogens with one attached hydrogen (secondary N) is 1. The van der Waals surface area contributed by atoms with Crippen molar-refractivity contribution in [2.45, 2.75) is 83.6 Å². The number of hydrogen-bond acceptors (Lipinski definition) is 3. The minimum atomic E-state index is -1.05. The predicted molar refractivity (Wildman–Crippen MR) is 131 cm³/mol. The van der Waals surface area contributed by atoms with Crippen molar-refractivity contribution < 1.29 is 19.8 Å². The Morgan fingerprint density at radius 2 is 1.47 bits per heavy atom. The number of carboxylic acid groups (broad SMARTS) is 1. The molecular formula is C27H39NO4. The van der Waals surface area contributed by atoms with Gasteiger partial charge in [-0.3, -0.25) is 4.79 Å². The van der Waals surface area contributed by atoms with Crippen LogP contribution in [0.25, 0.3) is 0 Å². The molecule has 5 heteroatoms. The average Bonchev–Trinajstić information content (AvgIpc) is 2.77. The Morgan fingerprint density at radius 1 is 0.875 bits per heavy atom. The summed E-state index contributed by atoms with van der Waals surface area (Å²) in [6.07, 6.45) is 23.0. The molecule has 1 rings (SSSR count). The maximum atomic E-state index is 12.1. The number of allylic oxidation sites excluding steroid dienone is 6. The molecule has 0 saturated carbocycles. The van der Waals surface area contributed by atoms with Crippen molar-refractivity contribution in [1.82, 2.24) is 5.32 Å². The van der Waals surface area contributed by atoms with Gasteiger partial charge in [0.2, 0.25) is 5.91 Å². The average molecular weight is 442 g/mol. The smallest absolute Gasteiger partial charge is 0.326 e. The van der Waals surface area contributed by atoms with Gasteiger partial charge in [-0.25, -0.2) is 4.79 Å². The molecule has 0 aromatic heterocycles. The van der Waals surface area contributed by atoms with Crippen LogP contribution in [0.2, 0.25) is 0 Å². The van der Waals surface area contributed by atoms with Crippen molar-refractivity contribution in [3.8, 4) is 5.75 Å². The van der Waals surface area contributed by atoms with Crippen LogP contribution in [0, 0.1) is 0 Å². The van der Waals surface area contributed by atoms with Crippen molar-refractivity contribution in [2.75, 3.05) is 0 Å². The van der Waals surface area contributed by atoms with E-state index in [0.717, 1.165) is 63.4 Å². The minimum Gasteiger partial charge on any atom is -0.508 e. The molecule has 0 bridgehead atoms. The lowest BCUT2D eigenvalue weighted by atomic mass is 10.0. The quantitative estimate of drug-likeness (QED) is 0.202. The molecule has 176 valence electrons. The lowest BCUT2D eigenvalue weighted by Gasteiger charge is -2.14. The third kappa shape index (κ3) is 14.2. The minimum absolute atomic E-state index is 0.129. The van der Waals surface area contributed by atoms with Crippen molar-refractivity contribution in [3.05, 3.63) is 66.3 Å². The molecule has 1 aromatic rings. The second-order valence-electron chi connectivity index (χ2n) is 7.93. The number of phenolic OH excluding ortho intramolecular Hbond substituents is 1. The largest absolute Gasteiger partial charge is 0.508 e. The SMILES string of the molecule is CCC=CCC=CCC=CCCCCCCCC(=O)NC(Cc1ccc(O)cc1)C(=O)O. The predicted octanol–water partition coefficient (Wildman–Crippen LogP) is 6.09. The molecule has 3 N–H and O–H groups in total. The van der Waals surface area contributed by atoms with E-state index in [-0.39, 0.29) is 18.1 Å². The second-order valence-corrected chi connectivity index (χ2v) is 7.93. The van der Waals surface area contributed by atoms with Crippen LogP contribution in [-0.2, 0) is 16.0 Å². The van der Waals surface area contributed by atoms with Gasteiger partial charge in [0.05, 0.1) is 0 Å². The number of unbranched alkanes of at least 4 members (excludes halogenated alkanes) is 5. The number of carbonyl (C=O) groups is 2. The highest BCUT2D eigenvalue weighted by molar-refractivity contribution is 5.83. The number of hydrogen-bond donors (Lipinski definition) is 3.